The summed E-state index contributed by atoms with van der Waals surface area (Å²) >= 11 is 0. The summed E-state index contributed by atoms with van der Waals surface area (Å²) in [6.07, 6.45) is 1.83. The number of pyridine rings is 1. The summed E-state index contributed by atoms with van der Waals surface area (Å²) in [5.41, 5.74) is 14.2. The van der Waals surface area contributed by atoms with Gasteiger partial charge in [-0.25, -0.2) is 4.98 Å². The Labute approximate surface area is 192 Å². The first-order valence-electron chi connectivity index (χ1n) is 11.4. The van der Waals surface area contributed by atoms with E-state index in [1.165, 1.54) is 0 Å². The Bertz CT molecular complexity index is 1180. The molecule has 2 fully saturated rings. The van der Waals surface area contributed by atoms with Gasteiger partial charge in [0.15, 0.2) is 5.65 Å². The lowest BCUT2D eigenvalue weighted by Gasteiger charge is -2.36. The van der Waals surface area contributed by atoms with Crippen LogP contribution in [0, 0.1) is 0 Å². The third kappa shape index (κ3) is 4.34. The van der Waals surface area contributed by atoms with E-state index in [2.05, 4.69) is 16.7 Å². The summed E-state index contributed by atoms with van der Waals surface area (Å²) < 4.78 is 5.65. The summed E-state index contributed by atoms with van der Waals surface area (Å²) in [5.74, 6) is 1.10. The summed E-state index contributed by atoms with van der Waals surface area (Å²) in [5, 5.41) is 0.899. The molecule has 2 aliphatic heterocycles. The Morgan fingerprint density at radius 2 is 1.91 bits per heavy atom. The van der Waals surface area contributed by atoms with Gasteiger partial charge in [-0.15, -0.1) is 0 Å². The van der Waals surface area contributed by atoms with Crippen molar-refractivity contribution in [3.8, 4) is 11.3 Å². The van der Waals surface area contributed by atoms with Crippen molar-refractivity contribution >= 4 is 28.7 Å². The lowest BCUT2D eigenvalue weighted by Crippen LogP contribution is -2.45. The molecule has 0 bridgehead atoms. The molecule has 5 rings (SSSR count). The van der Waals surface area contributed by atoms with Gasteiger partial charge in [0.1, 0.15) is 5.82 Å². The Morgan fingerprint density at radius 3 is 2.67 bits per heavy atom. The highest BCUT2D eigenvalue weighted by molar-refractivity contribution is 5.94. The fourth-order valence-corrected chi connectivity index (χ4v) is 4.48. The van der Waals surface area contributed by atoms with E-state index >= 15 is 0 Å². The molecule has 1 aromatic carbocycles. The van der Waals surface area contributed by atoms with E-state index in [0.29, 0.717) is 30.4 Å². The van der Waals surface area contributed by atoms with Crippen molar-refractivity contribution in [2.75, 3.05) is 42.6 Å². The number of nitrogens with zero attached hydrogens (tertiary/aromatic N) is 5. The fraction of sp³-hybridized carbons (Fsp3) is 0.417. The third-order valence-corrected chi connectivity index (χ3v) is 6.43. The van der Waals surface area contributed by atoms with Crippen LogP contribution in [0.4, 0.5) is 11.8 Å². The van der Waals surface area contributed by atoms with Crippen molar-refractivity contribution in [3.05, 3.63) is 42.0 Å². The molecule has 33 heavy (non-hydrogen) atoms. The molecule has 0 radical (unpaired) electrons. The third-order valence-electron chi connectivity index (χ3n) is 6.43. The molecular formula is C24H29N7O2. The number of amides is 1. The van der Waals surface area contributed by atoms with Crippen LogP contribution in [0.25, 0.3) is 22.3 Å². The molecule has 0 spiro atoms. The van der Waals surface area contributed by atoms with Crippen molar-refractivity contribution in [2.24, 2.45) is 11.5 Å². The number of carbonyl (C=O) groups is 1. The van der Waals surface area contributed by atoms with Gasteiger partial charge < -0.3 is 26.0 Å². The van der Waals surface area contributed by atoms with Gasteiger partial charge in [0.25, 0.3) is 0 Å². The van der Waals surface area contributed by atoms with E-state index in [9.17, 15) is 4.79 Å². The monoisotopic (exact) mass is 447 g/mol. The first kappa shape index (κ1) is 21.5. The van der Waals surface area contributed by atoms with Crippen molar-refractivity contribution < 1.29 is 9.53 Å². The molecule has 4 N–H and O–H groups in total. The first-order chi connectivity index (χ1) is 16.0. The minimum Gasteiger partial charge on any atom is -0.377 e. The molecule has 9 heteroatoms. The van der Waals surface area contributed by atoms with Gasteiger partial charge in [0.2, 0.25) is 11.9 Å². The van der Waals surface area contributed by atoms with Crippen molar-refractivity contribution in [1.29, 1.82) is 0 Å². The largest absolute Gasteiger partial charge is 0.377 e. The van der Waals surface area contributed by atoms with Gasteiger partial charge in [-0.3, -0.25) is 4.79 Å². The Morgan fingerprint density at radius 1 is 1.09 bits per heavy atom. The molecule has 1 atom stereocenters. The number of carbonyl (C=O) groups excluding carboxylic acids is 1. The lowest BCUT2D eigenvalue weighted by atomic mass is 10.1. The highest BCUT2D eigenvalue weighted by atomic mass is 16.5. The molecule has 172 valence electrons. The van der Waals surface area contributed by atoms with Crippen LogP contribution in [0.3, 0.4) is 0 Å². The standard InChI is InChI=1S/C24H29N7O2/c1-15-14-33-12-11-31(15)23-19-5-6-20(16-3-2-4-17(13-16)21(26)32)27-22(19)28-24(29-23)30-9-7-18(25)8-10-30/h2-6,13,15,18H,7-12,14,25H2,1H3,(H2,26,32)/t15-/m0/s1. The number of piperidine rings is 1. The minimum absolute atomic E-state index is 0.200. The van der Waals surface area contributed by atoms with Crippen LogP contribution in [0.5, 0.6) is 0 Å². The Balaban J connectivity index is 1.62. The van der Waals surface area contributed by atoms with Gasteiger partial charge in [-0.1, -0.05) is 12.1 Å². The molecule has 1 amide bonds. The SMILES string of the molecule is C[C@H]1COCCN1c1nc(N2CCC(N)CC2)nc2nc(-c3cccc(C(N)=O)c3)ccc12. The number of ether oxygens (including phenoxy) is 1. The zero-order valence-electron chi connectivity index (χ0n) is 18.8. The van der Waals surface area contributed by atoms with Crippen LogP contribution in [-0.2, 0) is 4.74 Å². The van der Waals surface area contributed by atoms with Crippen LogP contribution in [-0.4, -0.2) is 65.8 Å². The molecule has 2 aliphatic rings. The number of primary amides is 1. The van der Waals surface area contributed by atoms with Gasteiger partial charge in [-0.2, -0.15) is 9.97 Å². The second-order valence-electron chi connectivity index (χ2n) is 8.80. The number of fused-ring (bicyclic) bond motifs is 1. The number of rotatable bonds is 4. The fourth-order valence-electron chi connectivity index (χ4n) is 4.48. The van der Waals surface area contributed by atoms with Crippen LogP contribution in [0.1, 0.15) is 30.1 Å². The highest BCUT2D eigenvalue weighted by Gasteiger charge is 2.26. The molecular weight excluding hydrogens is 418 g/mol. The topological polar surface area (TPSA) is 123 Å². The quantitative estimate of drug-likeness (QED) is 0.622. The Kier molecular flexibility index (Phi) is 5.82. The van der Waals surface area contributed by atoms with E-state index in [-0.39, 0.29) is 12.1 Å². The zero-order chi connectivity index (χ0) is 22.9. The molecule has 9 nitrogen and oxygen atoms in total. The van der Waals surface area contributed by atoms with Crippen LogP contribution < -0.4 is 21.3 Å². The summed E-state index contributed by atoms with van der Waals surface area (Å²) in [6, 6.07) is 11.6. The number of nitrogens with two attached hydrogens (primary N) is 2. The van der Waals surface area contributed by atoms with Crippen LogP contribution in [0.15, 0.2) is 36.4 Å². The minimum atomic E-state index is -0.464. The maximum absolute atomic E-state index is 11.6. The van der Waals surface area contributed by atoms with Crippen LogP contribution >= 0.6 is 0 Å². The lowest BCUT2D eigenvalue weighted by molar-refractivity contribution is 0.0986. The smallest absolute Gasteiger partial charge is 0.248 e. The number of aromatic nitrogens is 3. The summed E-state index contributed by atoms with van der Waals surface area (Å²) in [6.45, 7) is 5.88. The number of hydrogen-bond donors (Lipinski definition) is 2. The van der Waals surface area contributed by atoms with Gasteiger partial charge in [0, 0.05) is 36.8 Å². The van der Waals surface area contributed by atoms with E-state index in [1.54, 1.807) is 12.1 Å². The average molecular weight is 448 g/mol. The van der Waals surface area contributed by atoms with Crippen molar-refractivity contribution in [3.63, 3.8) is 0 Å². The van der Waals surface area contributed by atoms with E-state index in [0.717, 1.165) is 54.9 Å². The average Bonchev–Trinajstić information content (AvgIpc) is 2.84. The second kappa shape index (κ2) is 8.92. The number of hydrogen-bond acceptors (Lipinski definition) is 8. The normalized spacial score (nSPS) is 19.8. The number of morpholine rings is 1. The van der Waals surface area contributed by atoms with Crippen molar-refractivity contribution in [1.82, 2.24) is 15.0 Å². The predicted octanol–water partition coefficient (Wildman–Crippen LogP) is 1.94. The predicted molar refractivity (Wildman–Crippen MR) is 128 cm³/mol. The summed E-state index contributed by atoms with van der Waals surface area (Å²) in [4.78, 5) is 30.9. The van der Waals surface area contributed by atoms with E-state index in [1.807, 2.05) is 24.3 Å². The zero-order valence-corrected chi connectivity index (χ0v) is 18.8. The van der Waals surface area contributed by atoms with Crippen LogP contribution in [0.2, 0.25) is 0 Å². The van der Waals surface area contributed by atoms with E-state index < -0.39 is 5.91 Å². The number of anilines is 2. The van der Waals surface area contributed by atoms with E-state index in [4.69, 9.17) is 31.2 Å². The first-order valence-corrected chi connectivity index (χ1v) is 11.4. The van der Waals surface area contributed by atoms with Crippen molar-refractivity contribution in [2.45, 2.75) is 31.8 Å². The van der Waals surface area contributed by atoms with Gasteiger partial charge >= 0.3 is 0 Å². The maximum atomic E-state index is 11.6. The molecule has 0 unspecified atom stereocenters. The highest BCUT2D eigenvalue weighted by Crippen LogP contribution is 2.31. The van der Waals surface area contributed by atoms with Gasteiger partial charge in [0.05, 0.1) is 30.3 Å². The maximum Gasteiger partial charge on any atom is 0.248 e. The molecule has 2 saturated heterocycles. The second-order valence-corrected chi connectivity index (χ2v) is 8.80. The molecule has 0 saturated carbocycles. The molecule has 3 aromatic rings. The Hall–Kier alpha value is -3.30. The molecule has 4 heterocycles. The number of benzene rings is 1. The molecule has 2 aromatic heterocycles. The van der Waals surface area contributed by atoms with Gasteiger partial charge in [-0.05, 0) is 44.0 Å². The molecule has 0 aliphatic carbocycles. The summed E-state index contributed by atoms with van der Waals surface area (Å²) in [7, 11) is 0.